The summed E-state index contributed by atoms with van der Waals surface area (Å²) in [5, 5.41) is 7.28. The van der Waals surface area contributed by atoms with Crippen LogP contribution in [0.5, 0.6) is 0 Å². The van der Waals surface area contributed by atoms with E-state index in [1.165, 1.54) is 11.7 Å². The zero-order valence-electron chi connectivity index (χ0n) is 10.6. The number of hydrogen-bond acceptors (Lipinski definition) is 6. The summed E-state index contributed by atoms with van der Waals surface area (Å²) < 4.78 is 38.9. The average molecular weight is 355 g/mol. The highest BCUT2D eigenvalue weighted by Crippen LogP contribution is 2.23. The zero-order valence-corrected chi connectivity index (χ0v) is 13.0. The van der Waals surface area contributed by atoms with E-state index < -0.39 is 15.6 Å². The van der Waals surface area contributed by atoms with Gasteiger partial charge in [0.1, 0.15) is 5.60 Å². The summed E-state index contributed by atoms with van der Waals surface area (Å²) in [6, 6.07) is 0. The number of nitrogens with zero attached hydrogens (tertiary/aromatic N) is 3. The van der Waals surface area contributed by atoms with Crippen molar-refractivity contribution < 1.29 is 17.9 Å². The normalized spacial score (nSPS) is 23.9. The third-order valence-electron chi connectivity index (χ3n) is 3.08. The van der Waals surface area contributed by atoms with Gasteiger partial charge >= 0.3 is 0 Å². The Morgan fingerprint density at radius 3 is 2.84 bits per heavy atom. The first-order chi connectivity index (χ1) is 8.90. The molecule has 2 heterocycles. The molecule has 0 spiro atoms. The first-order valence-corrected chi connectivity index (χ1v) is 7.86. The Bertz CT molecular complexity index is 533. The zero-order chi connectivity index (χ0) is 14.1. The van der Waals surface area contributed by atoms with Gasteiger partial charge in [-0.05, 0) is 15.9 Å². The molecule has 0 amide bonds. The van der Waals surface area contributed by atoms with Gasteiger partial charge in [0, 0.05) is 33.7 Å². The minimum absolute atomic E-state index is 0.0160. The molecule has 0 saturated carbocycles. The average Bonchev–Trinajstić information content (AvgIpc) is 2.95. The summed E-state index contributed by atoms with van der Waals surface area (Å²) in [6.45, 7) is 1.08. The minimum Gasteiger partial charge on any atom is -0.378 e. The van der Waals surface area contributed by atoms with E-state index in [1.807, 2.05) is 0 Å². The van der Waals surface area contributed by atoms with Crippen molar-refractivity contribution in [3.8, 4) is 0 Å². The Kier molecular flexibility index (Phi) is 4.26. The van der Waals surface area contributed by atoms with Gasteiger partial charge in [-0.15, -0.1) is 5.10 Å². The smallest absolute Gasteiger partial charge is 0.260 e. The van der Waals surface area contributed by atoms with Gasteiger partial charge in [-0.1, -0.05) is 5.21 Å². The van der Waals surface area contributed by atoms with Gasteiger partial charge in [0.15, 0.2) is 4.60 Å². The van der Waals surface area contributed by atoms with Crippen LogP contribution in [0, 0.1) is 0 Å². The fraction of sp³-hybridized carbons (Fsp3) is 0.778. The van der Waals surface area contributed by atoms with Gasteiger partial charge in [-0.2, -0.15) is 0 Å². The second-order valence-corrected chi connectivity index (χ2v) is 6.76. The van der Waals surface area contributed by atoms with E-state index >= 15 is 0 Å². The van der Waals surface area contributed by atoms with Crippen LogP contribution in [-0.2, 0) is 26.5 Å². The molecule has 2 rings (SSSR count). The quantitative estimate of drug-likeness (QED) is 0.777. The molecule has 1 N–H and O–H groups in total. The van der Waals surface area contributed by atoms with Crippen LogP contribution in [0.25, 0.3) is 0 Å². The van der Waals surface area contributed by atoms with Crippen molar-refractivity contribution >= 4 is 26.0 Å². The standard InChI is InChI=1S/C9H15BrN4O4S/c1-14-8(7(10)12-13-14)19(15,16)11-5-9(17-2)3-4-18-6-9/h11H,3-6H2,1-2H3. The molecule has 1 saturated heterocycles. The molecule has 0 aromatic carbocycles. The molecular formula is C9H15BrN4O4S. The highest BCUT2D eigenvalue weighted by Gasteiger charge is 2.37. The largest absolute Gasteiger partial charge is 0.378 e. The molecule has 1 unspecified atom stereocenters. The third-order valence-corrected chi connectivity index (χ3v) is 5.36. The molecular weight excluding hydrogens is 340 g/mol. The number of aryl methyl sites for hydroxylation is 1. The topological polar surface area (TPSA) is 95.3 Å². The number of sulfonamides is 1. The SMILES string of the molecule is COC1(CNS(=O)(=O)c2c(Br)nnn2C)CCOC1. The van der Waals surface area contributed by atoms with Crippen molar-refractivity contribution in [1.82, 2.24) is 19.7 Å². The third kappa shape index (κ3) is 2.97. The van der Waals surface area contributed by atoms with Crippen LogP contribution in [0.4, 0.5) is 0 Å². The number of rotatable bonds is 5. The summed E-state index contributed by atoms with van der Waals surface area (Å²) >= 11 is 3.07. The lowest BCUT2D eigenvalue weighted by Crippen LogP contribution is -2.45. The van der Waals surface area contributed by atoms with Gasteiger partial charge in [-0.3, -0.25) is 0 Å². The molecule has 0 bridgehead atoms. The molecule has 1 aliphatic heterocycles. The molecule has 1 aromatic heterocycles. The van der Waals surface area contributed by atoms with Gasteiger partial charge < -0.3 is 9.47 Å². The summed E-state index contributed by atoms with van der Waals surface area (Å²) in [5.41, 5.74) is -0.606. The molecule has 0 aliphatic carbocycles. The lowest BCUT2D eigenvalue weighted by Gasteiger charge is -2.25. The van der Waals surface area contributed by atoms with Crippen LogP contribution in [0.3, 0.4) is 0 Å². The predicted molar refractivity (Wildman–Crippen MR) is 69.1 cm³/mol. The fourth-order valence-corrected chi connectivity index (χ4v) is 4.07. The number of nitrogens with one attached hydrogen (secondary N) is 1. The Hall–Kier alpha value is -0.550. The predicted octanol–water partition coefficient (Wildman–Crippen LogP) is -0.339. The van der Waals surface area contributed by atoms with Crippen LogP contribution < -0.4 is 4.72 Å². The van der Waals surface area contributed by atoms with Crippen LogP contribution >= 0.6 is 15.9 Å². The van der Waals surface area contributed by atoms with Crippen LogP contribution in [0.2, 0.25) is 0 Å². The fourth-order valence-electron chi connectivity index (χ4n) is 1.86. The molecule has 1 aromatic rings. The van der Waals surface area contributed by atoms with E-state index in [4.69, 9.17) is 9.47 Å². The van der Waals surface area contributed by atoms with Gasteiger partial charge in [0.05, 0.1) is 6.61 Å². The summed E-state index contributed by atoms with van der Waals surface area (Å²) in [4.78, 5) is 0. The highest BCUT2D eigenvalue weighted by atomic mass is 79.9. The molecule has 0 radical (unpaired) electrons. The Morgan fingerprint density at radius 1 is 1.63 bits per heavy atom. The lowest BCUT2D eigenvalue weighted by atomic mass is 10.0. The maximum absolute atomic E-state index is 12.2. The Balaban J connectivity index is 2.14. The number of halogens is 1. The van der Waals surface area contributed by atoms with Crippen molar-refractivity contribution in [2.24, 2.45) is 7.05 Å². The van der Waals surface area contributed by atoms with E-state index in [9.17, 15) is 8.42 Å². The molecule has 8 nitrogen and oxygen atoms in total. The van der Waals surface area contributed by atoms with Crippen LogP contribution in [-0.4, -0.2) is 55.9 Å². The van der Waals surface area contributed by atoms with E-state index in [0.717, 1.165) is 0 Å². The van der Waals surface area contributed by atoms with Crippen molar-refractivity contribution in [3.63, 3.8) is 0 Å². The van der Waals surface area contributed by atoms with E-state index in [0.29, 0.717) is 19.6 Å². The van der Waals surface area contributed by atoms with Gasteiger partial charge in [0.25, 0.3) is 10.0 Å². The number of hydrogen-bond donors (Lipinski definition) is 1. The maximum atomic E-state index is 12.2. The summed E-state index contributed by atoms with van der Waals surface area (Å²) in [5.74, 6) is 0. The van der Waals surface area contributed by atoms with Crippen molar-refractivity contribution in [3.05, 3.63) is 4.60 Å². The number of ether oxygens (including phenoxy) is 2. The maximum Gasteiger partial charge on any atom is 0.260 e. The second kappa shape index (κ2) is 5.44. The molecule has 1 fully saturated rings. The lowest BCUT2D eigenvalue weighted by molar-refractivity contribution is -0.0121. The molecule has 10 heteroatoms. The second-order valence-electron chi connectivity index (χ2n) is 4.32. The Morgan fingerprint density at radius 2 is 2.37 bits per heavy atom. The monoisotopic (exact) mass is 354 g/mol. The molecule has 1 atom stereocenters. The van der Waals surface area contributed by atoms with Crippen LogP contribution in [0.15, 0.2) is 9.63 Å². The Labute approximate surface area is 119 Å². The van der Waals surface area contributed by atoms with Gasteiger partial charge in [0.2, 0.25) is 5.03 Å². The van der Waals surface area contributed by atoms with E-state index in [2.05, 4.69) is 31.0 Å². The first kappa shape index (κ1) is 14.9. The van der Waals surface area contributed by atoms with Gasteiger partial charge in [-0.25, -0.2) is 17.8 Å². The molecule has 108 valence electrons. The number of methoxy groups -OCH3 is 1. The highest BCUT2D eigenvalue weighted by molar-refractivity contribution is 9.10. The van der Waals surface area contributed by atoms with Crippen molar-refractivity contribution in [2.45, 2.75) is 17.0 Å². The molecule has 1 aliphatic rings. The first-order valence-electron chi connectivity index (χ1n) is 5.58. The van der Waals surface area contributed by atoms with Crippen molar-refractivity contribution in [2.75, 3.05) is 26.9 Å². The van der Waals surface area contributed by atoms with Crippen molar-refractivity contribution in [1.29, 1.82) is 0 Å². The minimum atomic E-state index is -3.71. The summed E-state index contributed by atoms with van der Waals surface area (Å²) in [6.07, 6.45) is 0.650. The summed E-state index contributed by atoms with van der Waals surface area (Å²) in [7, 11) is -0.651. The number of aromatic nitrogens is 3. The van der Waals surface area contributed by atoms with Crippen LogP contribution in [0.1, 0.15) is 6.42 Å². The molecule has 19 heavy (non-hydrogen) atoms. The van der Waals surface area contributed by atoms with E-state index in [1.54, 1.807) is 7.11 Å². The van der Waals surface area contributed by atoms with E-state index in [-0.39, 0.29) is 16.2 Å².